The number of benzene rings is 1. The molecule has 0 radical (unpaired) electrons. The second kappa shape index (κ2) is 8.88. The molecule has 0 aliphatic carbocycles. The number of nitrogens with one attached hydrogen (secondary N) is 1. The molecule has 1 aromatic carbocycles. The average molecular weight is 412 g/mol. The van der Waals surface area contributed by atoms with Crippen LogP contribution in [0, 0.1) is 13.8 Å². The van der Waals surface area contributed by atoms with E-state index >= 15 is 0 Å². The Labute approximate surface area is 165 Å². The second-order valence-corrected chi connectivity index (χ2v) is 7.11. The Kier molecular flexibility index (Phi) is 6.81. The highest BCUT2D eigenvalue weighted by atomic mass is 35.5. The van der Waals surface area contributed by atoms with Crippen molar-refractivity contribution >= 4 is 45.8 Å². The molecule has 0 spiro atoms. The molecule has 0 bridgehead atoms. The monoisotopic (exact) mass is 411 g/mol. The van der Waals surface area contributed by atoms with Crippen LogP contribution in [0.25, 0.3) is 0 Å². The fourth-order valence-electron chi connectivity index (χ4n) is 2.27. The third-order valence-electron chi connectivity index (χ3n) is 3.74. The van der Waals surface area contributed by atoms with Crippen LogP contribution in [0.15, 0.2) is 18.2 Å². The lowest BCUT2D eigenvalue weighted by atomic mass is 10.1. The van der Waals surface area contributed by atoms with Crippen molar-refractivity contribution in [3.05, 3.63) is 44.8 Å². The summed E-state index contributed by atoms with van der Waals surface area (Å²) in [4.78, 5) is 37.2. The third-order valence-corrected chi connectivity index (χ3v) is 5.10. The molecule has 1 heterocycles. The molecule has 144 valence electrons. The van der Waals surface area contributed by atoms with Gasteiger partial charge < -0.3 is 19.5 Å². The Hall–Kier alpha value is -2.58. The molecule has 0 atom stereocenters. The van der Waals surface area contributed by atoms with Gasteiger partial charge >= 0.3 is 11.9 Å². The summed E-state index contributed by atoms with van der Waals surface area (Å²) in [5, 5.41) is 3.26. The molecule has 0 aliphatic heterocycles. The largest absolute Gasteiger partial charge is 0.496 e. The molecule has 0 saturated heterocycles. The van der Waals surface area contributed by atoms with Crippen LogP contribution in [0.1, 0.15) is 31.2 Å². The summed E-state index contributed by atoms with van der Waals surface area (Å²) in [5.74, 6) is -1.61. The summed E-state index contributed by atoms with van der Waals surface area (Å²) < 4.78 is 14.9. The van der Waals surface area contributed by atoms with Crippen LogP contribution < -0.4 is 10.1 Å². The molecular weight excluding hydrogens is 394 g/mol. The van der Waals surface area contributed by atoms with E-state index < -0.39 is 24.5 Å². The zero-order chi connectivity index (χ0) is 20.1. The van der Waals surface area contributed by atoms with E-state index in [0.717, 1.165) is 10.4 Å². The van der Waals surface area contributed by atoms with Crippen molar-refractivity contribution in [3.63, 3.8) is 0 Å². The summed E-state index contributed by atoms with van der Waals surface area (Å²) in [7, 11) is 2.67. The van der Waals surface area contributed by atoms with Crippen molar-refractivity contribution in [2.75, 3.05) is 26.1 Å². The van der Waals surface area contributed by atoms with E-state index in [0.29, 0.717) is 10.0 Å². The predicted octanol–water partition coefficient (Wildman–Crippen LogP) is 3.61. The van der Waals surface area contributed by atoms with Gasteiger partial charge in [0.15, 0.2) is 6.61 Å². The number of hydrogen-bond donors (Lipinski definition) is 1. The van der Waals surface area contributed by atoms with Crippen LogP contribution in [-0.4, -0.2) is 38.7 Å². The highest BCUT2D eigenvalue weighted by Crippen LogP contribution is 2.33. The SMILES string of the molecule is COC(=O)c1c(NC(=O)COC(=O)c2cc(Cl)ccc2OC)sc(C)c1C. The first-order valence-electron chi connectivity index (χ1n) is 7.77. The van der Waals surface area contributed by atoms with E-state index in [9.17, 15) is 14.4 Å². The summed E-state index contributed by atoms with van der Waals surface area (Å²) in [6.45, 7) is 3.05. The molecule has 1 aromatic heterocycles. The van der Waals surface area contributed by atoms with E-state index in [1.54, 1.807) is 13.0 Å². The van der Waals surface area contributed by atoms with Gasteiger partial charge in [-0.25, -0.2) is 9.59 Å². The average Bonchev–Trinajstić information content (AvgIpc) is 2.92. The second-order valence-electron chi connectivity index (χ2n) is 5.45. The Bertz CT molecular complexity index is 892. The molecule has 0 saturated carbocycles. The number of rotatable bonds is 6. The molecule has 2 aromatic rings. The number of hydrogen-bond acceptors (Lipinski definition) is 7. The molecule has 0 fully saturated rings. The summed E-state index contributed by atoms with van der Waals surface area (Å²) in [5.41, 5.74) is 1.12. The molecule has 2 rings (SSSR count). The van der Waals surface area contributed by atoms with Gasteiger partial charge in [0, 0.05) is 9.90 Å². The highest BCUT2D eigenvalue weighted by Gasteiger charge is 2.22. The number of halogens is 1. The molecule has 9 heteroatoms. The van der Waals surface area contributed by atoms with Gasteiger partial charge in [0.25, 0.3) is 5.91 Å². The van der Waals surface area contributed by atoms with Crippen LogP contribution in [0.4, 0.5) is 5.00 Å². The number of thiophene rings is 1. The quantitative estimate of drug-likeness (QED) is 0.730. The number of esters is 2. The molecule has 0 unspecified atom stereocenters. The minimum atomic E-state index is -0.753. The zero-order valence-electron chi connectivity index (χ0n) is 15.2. The molecule has 1 amide bonds. The van der Waals surface area contributed by atoms with E-state index in [4.69, 9.17) is 25.8 Å². The van der Waals surface area contributed by atoms with Gasteiger partial charge in [-0.3, -0.25) is 4.79 Å². The maximum atomic E-state index is 12.2. The van der Waals surface area contributed by atoms with E-state index in [1.807, 2.05) is 6.92 Å². The maximum absolute atomic E-state index is 12.2. The number of amides is 1. The summed E-state index contributed by atoms with van der Waals surface area (Å²) >= 11 is 7.12. The lowest BCUT2D eigenvalue weighted by molar-refractivity contribution is -0.119. The van der Waals surface area contributed by atoms with Gasteiger partial charge in [-0.15, -0.1) is 11.3 Å². The van der Waals surface area contributed by atoms with E-state index in [1.165, 1.54) is 37.7 Å². The maximum Gasteiger partial charge on any atom is 0.342 e. The molecule has 1 N–H and O–H groups in total. The number of ether oxygens (including phenoxy) is 3. The predicted molar refractivity (Wildman–Crippen MR) is 102 cm³/mol. The van der Waals surface area contributed by atoms with Crippen LogP contribution in [0.3, 0.4) is 0 Å². The van der Waals surface area contributed by atoms with Gasteiger partial charge in [-0.1, -0.05) is 11.6 Å². The van der Waals surface area contributed by atoms with E-state index in [2.05, 4.69) is 5.32 Å². The number of methoxy groups -OCH3 is 2. The summed E-state index contributed by atoms with van der Waals surface area (Å²) in [6, 6.07) is 4.49. The normalized spacial score (nSPS) is 10.3. The Balaban J connectivity index is 2.07. The van der Waals surface area contributed by atoms with Gasteiger partial charge in [0.05, 0.1) is 19.8 Å². The number of carbonyl (C=O) groups excluding carboxylic acids is 3. The van der Waals surface area contributed by atoms with Gasteiger partial charge in [0.1, 0.15) is 16.3 Å². The van der Waals surface area contributed by atoms with Gasteiger partial charge in [-0.2, -0.15) is 0 Å². The minimum absolute atomic E-state index is 0.107. The first-order valence-corrected chi connectivity index (χ1v) is 8.96. The highest BCUT2D eigenvalue weighted by molar-refractivity contribution is 7.16. The van der Waals surface area contributed by atoms with Crippen molar-refractivity contribution in [2.45, 2.75) is 13.8 Å². The first-order chi connectivity index (χ1) is 12.8. The van der Waals surface area contributed by atoms with Crippen LogP contribution in [0.5, 0.6) is 5.75 Å². The van der Waals surface area contributed by atoms with Crippen molar-refractivity contribution in [3.8, 4) is 5.75 Å². The molecule has 27 heavy (non-hydrogen) atoms. The lowest BCUT2D eigenvalue weighted by Gasteiger charge is -2.10. The standard InChI is InChI=1S/C18H18ClNO6S/c1-9-10(2)27-16(15(9)18(23)25-4)20-14(21)8-26-17(22)12-7-11(19)5-6-13(12)24-3/h5-7H,8H2,1-4H3,(H,20,21). The van der Waals surface area contributed by atoms with Gasteiger partial charge in [0.2, 0.25) is 0 Å². The number of carbonyl (C=O) groups is 3. The van der Waals surface area contributed by atoms with E-state index in [-0.39, 0.29) is 16.9 Å². The van der Waals surface area contributed by atoms with Crippen molar-refractivity contribution < 1.29 is 28.6 Å². The topological polar surface area (TPSA) is 90.9 Å². The zero-order valence-corrected chi connectivity index (χ0v) is 16.7. The first kappa shape index (κ1) is 20.7. The number of anilines is 1. The van der Waals surface area contributed by atoms with Crippen molar-refractivity contribution in [1.82, 2.24) is 0 Å². The smallest absolute Gasteiger partial charge is 0.342 e. The van der Waals surface area contributed by atoms with Crippen LogP contribution in [0.2, 0.25) is 5.02 Å². The molecular formula is C18H18ClNO6S. The number of aryl methyl sites for hydroxylation is 1. The Morgan fingerprint density at radius 2 is 1.85 bits per heavy atom. The Morgan fingerprint density at radius 3 is 2.48 bits per heavy atom. The van der Waals surface area contributed by atoms with Crippen LogP contribution in [-0.2, 0) is 14.3 Å². The van der Waals surface area contributed by atoms with Gasteiger partial charge in [-0.05, 0) is 37.6 Å². The van der Waals surface area contributed by atoms with Crippen molar-refractivity contribution in [2.24, 2.45) is 0 Å². The Morgan fingerprint density at radius 1 is 1.15 bits per heavy atom. The minimum Gasteiger partial charge on any atom is -0.496 e. The van der Waals surface area contributed by atoms with Crippen molar-refractivity contribution in [1.29, 1.82) is 0 Å². The fourth-order valence-corrected chi connectivity index (χ4v) is 3.51. The molecule has 7 nitrogen and oxygen atoms in total. The fraction of sp³-hybridized carbons (Fsp3) is 0.278. The third kappa shape index (κ3) is 4.78. The molecule has 0 aliphatic rings. The lowest BCUT2D eigenvalue weighted by Crippen LogP contribution is -2.22. The summed E-state index contributed by atoms with van der Waals surface area (Å²) in [6.07, 6.45) is 0. The van der Waals surface area contributed by atoms with Crippen LogP contribution >= 0.6 is 22.9 Å².